The van der Waals surface area contributed by atoms with E-state index in [2.05, 4.69) is 16.0 Å². The van der Waals surface area contributed by atoms with E-state index in [0.29, 0.717) is 33.8 Å². The van der Waals surface area contributed by atoms with E-state index in [9.17, 15) is 28.8 Å². The first-order valence-electron chi connectivity index (χ1n) is 20.9. The summed E-state index contributed by atoms with van der Waals surface area (Å²) < 4.78 is 35.4. The number of anilines is 3. The summed E-state index contributed by atoms with van der Waals surface area (Å²) in [6, 6.07) is 50.6. The Bertz CT molecular complexity index is 2290. The molecule has 15 nitrogen and oxygen atoms in total. The zero-order valence-electron chi connectivity index (χ0n) is 35.6. The van der Waals surface area contributed by atoms with Crippen molar-refractivity contribution in [3.05, 3.63) is 199 Å². The summed E-state index contributed by atoms with van der Waals surface area (Å²) in [7, 11) is 0. The number of hydrogen-bond donors (Lipinski definition) is 3. The van der Waals surface area contributed by atoms with Crippen molar-refractivity contribution in [2.24, 2.45) is 0 Å². The van der Waals surface area contributed by atoms with Gasteiger partial charge in [0.25, 0.3) is 0 Å². The lowest BCUT2D eigenvalue weighted by Gasteiger charge is -2.35. The SMILES string of the molecule is O=C(Cc1ccccc1)OCC(OC(=O)Nc1ccccc1)C(OC(=O)Cc1ccccc1)C(OC(=O)Nc1ccccc1)C(COC(=O)Nc1ccccc1)OC(=O)Cc1ccccc1. The summed E-state index contributed by atoms with van der Waals surface area (Å²) in [5, 5.41) is 7.75. The van der Waals surface area contributed by atoms with Crippen LogP contribution in [0.5, 0.6) is 0 Å². The molecule has 66 heavy (non-hydrogen) atoms. The Morgan fingerprint density at radius 3 is 1.09 bits per heavy atom. The molecule has 0 spiro atoms. The standard InChI is InChI=1S/C51H47N3O12/c55-44(31-36-19-7-1-8-20-36)61-34-43(64-50(59)53-40-27-15-5-16-28-40)47(65-46(57)33-38-23-11-3-12-24-38)48(66-51(60)54-41-29-17-6-18-30-41)42(63-45(56)32-37-21-9-2-10-22-37)35-62-49(58)52-39-25-13-4-14-26-39/h1-30,42-43,47-48H,31-35H2,(H,52,58)(H,53,59)(H,54,60). The molecule has 0 aliphatic rings. The Kier molecular flexibility index (Phi) is 17.8. The van der Waals surface area contributed by atoms with Gasteiger partial charge < -0.3 is 28.4 Å². The fourth-order valence-electron chi connectivity index (χ4n) is 6.45. The lowest BCUT2D eigenvalue weighted by Crippen LogP contribution is -2.55. The molecule has 0 radical (unpaired) electrons. The fraction of sp³-hybridized carbons (Fsp3) is 0.176. The van der Waals surface area contributed by atoms with Crippen LogP contribution in [0.1, 0.15) is 16.7 Å². The molecule has 0 bridgehead atoms. The Morgan fingerprint density at radius 1 is 0.333 bits per heavy atom. The average molecular weight is 894 g/mol. The van der Waals surface area contributed by atoms with E-state index in [1.165, 1.54) is 0 Å². The molecule has 6 aromatic rings. The number of hydrogen-bond acceptors (Lipinski definition) is 12. The first kappa shape index (κ1) is 47.0. The number of esters is 3. The first-order chi connectivity index (χ1) is 32.2. The van der Waals surface area contributed by atoms with Crippen molar-refractivity contribution in [2.45, 2.75) is 43.7 Å². The van der Waals surface area contributed by atoms with Gasteiger partial charge in [0.2, 0.25) is 0 Å². The predicted molar refractivity (Wildman–Crippen MR) is 243 cm³/mol. The van der Waals surface area contributed by atoms with Crippen molar-refractivity contribution < 1.29 is 57.2 Å². The molecule has 3 amide bonds. The Balaban J connectivity index is 1.41. The molecule has 4 unspecified atom stereocenters. The Labute approximate surface area is 380 Å². The van der Waals surface area contributed by atoms with Gasteiger partial charge in [0, 0.05) is 17.1 Å². The van der Waals surface area contributed by atoms with Crippen molar-refractivity contribution in [3.63, 3.8) is 0 Å². The van der Waals surface area contributed by atoms with Crippen LogP contribution in [0.25, 0.3) is 0 Å². The topological polar surface area (TPSA) is 194 Å². The maximum Gasteiger partial charge on any atom is 0.412 e. The van der Waals surface area contributed by atoms with Crippen LogP contribution in [0, 0.1) is 0 Å². The van der Waals surface area contributed by atoms with E-state index in [1.807, 2.05) is 0 Å². The zero-order valence-corrected chi connectivity index (χ0v) is 35.6. The second-order valence-corrected chi connectivity index (χ2v) is 14.5. The number of benzene rings is 6. The summed E-state index contributed by atoms with van der Waals surface area (Å²) in [5.41, 5.74) is 2.68. The molecule has 6 rings (SSSR count). The number of carbonyl (C=O) groups excluding carboxylic acids is 6. The molecule has 0 saturated carbocycles. The van der Waals surface area contributed by atoms with E-state index in [-0.39, 0.29) is 19.3 Å². The Morgan fingerprint density at radius 2 is 0.652 bits per heavy atom. The molecule has 0 aliphatic heterocycles. The van der Waals surface area contributed by atoms with Gasteiger partial charge >= 0.3 is 36.2 Å². The fourth-order valence-corrected chi connectivity index (χ4v) is 6.45. The molecule has 3 N–H and O–H groups in total. The minimum Gasteiger partial charge on any atom is -0.461 e. The van der Waals surface area contributed by atoms with E-state index in [1.54, 1.807) is 182 Å². The smallest absolute Gasteiger partial charge is 0.412 e. The Hall–Kier alpha value is -8.46. The van der Waals surface area contributed by atoms with Crippen LogP contribution >= 0.6 is 0 Å². The molecule has 0 heterocycles. The van der Waals surface area contributed by atoms with Crippen molar-refractivity contribution in [1.82, 2.24) is 0 Å². The van der Waals surface area contributed by atoms with Crippen LogP contribution in [0.4, 0.5) is 31.4 Å². The van der Waals surface area contributed by atoms with Gasteiger partial charge in [-0.1, -0.05) is 146 Å². The number of carbonyl (C=O) groups is 6. The minimum atomic E-state index is -1.94. The average Bonchev–Trinajstić information content (AvgIpc) is 3.32. The third-order valence-electron chi connectivity index (χ3n) is 9.53. The van der Waals surface area contributed by atoms with Gasteiger partial charge in [0.05, 0.1) is 19.3 Å². The summed E-state index contributed by atoms with van der Waals surface area (Å²) in [5.74, 6) is -2.52. The number of ether oxygens (including phenoxy) is 6. The van der Waals surface area contributed by atoms with Crippen LogP contribution in [0.15, 0.2) is 182 Å². The van der Waals surface area contributed by atoms with Crippen LogP contribution in [0.2, 0.25) is 0 Å². The highest BCUT2D eigenvalue weighted by Gasteiger charge is 2.46. The molecule has 0 fully saturated rings. The molecule has 338 valence electrons. The van der Waals surface area contributed by atoms with Crippen molar-refractivity contribution in [1.29, 1.82) is 0 Å². The number of nitrogens with one attached hydrogen (secondary N) is 3. The lowest BCUT2D eigenvalue weighted by molar-refractivity contribution is -0.187. The molecule has 6 aromatic carbocycles. The molecule has 4 atom stereocenters. The van der Waals surface area contributed by atoms with Gasteiger partial charge in [0.1, 0.15) is 13.2 Å². The van der Waals surface area contributed by atoms with Gasteiger partial charge in [0.15, 0.2) is 24.4 Å². The predicted octanol–water partition coefficient (Wildman–Crippen LogP) is 8.56. The van der Waals surface area contributed by atoms with Gasteiger partial charge in [-0.25, -0.2) is 14.4 Å². The summed E-state index contributed by atoms with van der Waals surface area (Å²) in [4.78, 5) is 82.4. The van der Waals surface area contributed by atoms with Crippen molar-refractivity contribution >= 4 is 53.2 Å². The number of rotatable bonds is 20. The third kappa shape index (κ3) is 16.0. The normalized spacial score (nSPS) is 12.4. The van der Waals surface area contributed by atoms with Gasteiger partial charge in [-0.15, -0.1) is 0 Å². The summed E-state index contributed by atoms with van der Waals surface area (Å²) in [6.07, 6.45) is -11.4. The van der Waals surface area contributed by atoms with E-state index in [4.69, 9.17) is 28.4 Å². The van der Waals surface area contributed by atoms with Crippen molar-refractivity contribution in [3.8, 4) is 0 Å². The molecule has 0 saturated heterocycles. The molecule has 0 aliphatic carbocycles. The minimum absolute atomic E-state index is 0.189. The van der Waals surface area contributed by atoms with Crippen LogP contribution in [0.3, 0.4) is 0 Å². The third-order valence-corrected chi connectivity index (χ3v) is 9.53. The lowest BCUT2D eigenvalue weighted by atomic mass is 10.0. The van der Waals surface area contributed by atoms with Crippen LogP contribution < -0.4 is 16.0 Å². The highest BCUT2D eigenvalue weighted by Crippen LogP contribution is 2.24. The van der Waals surface area contributed by atoms with Crippen LogP contribution in [-0.4, -0.2) is 73.8 Å². The second kappa shape index (κ2) is 25.0. The zero-order chi connectivity index (χ0) is 46.4. The van der Waals surface area contributed by atoms with Crippen LogP contribution in [-0.2, 0) is 62.1 Å². The van der Waals surface area contributed by atoms with Gasteiger partial charge in [-0.05, 0) is 53.1 Å². The maximum absolute atomic E-state index is 14.1. The molecular formula is C51H47N3O12. The van der Waals surface area contributed by atoms with Gasteiger partial charge in [-0.2, -0.15) is 0 Å². The maximum atomic E-state index is 14.1. The molecular weight excluding hydrogens is 847 g/mol. The number of amides is 3. The number of para-hydroxylation sites is 3. The van der Waals surface area contributed by atoms with E-state index < -0.39 is 73.8 Å². The molecule has 15 heteroatoms. The monoisotopic (exact) mass is 893 g/mol. The largest absolute Gasteiger partial charge is 0.461 e. The highest BCUT2D eigenvalue weighted by atomic mass is 16.7. The van der Waals surface area contributed by atoms with Crippen molar-refractivity contribution in [2.75, 3.05) is 29.2 Å². The molecule has 0 aromatic heterocycles. The van der Waals surface area contributed by atoms with E-state index in [0.717, 1.165) is 0 Å². The summed E-state index contributed by atoms with van der Waals surface area (Å²) >= 11 is 0. The van der Waals surface area contributed by atoms with E-state index >= 15 is 0 Å². The second-order valence-electron chi connectivity index (χ2n) is 14.5. The highest BCUT2D eigenvalue weighted by molar-refractivity contribution is 5.86. The van der Waals surface area contributed by atoms with Gasteiger partial charge in [-0.3, -0.25) is 30.3 Å². The first-order valence-corrected chi connectivity index (χ1v) is 20.9. The summed E-state index contributed by atoms with van der Waals surface area (Å²) in [6.45, 7) is -1.57. The quantitative estimate of drug-likeness (QED) is 0.0489.